The maximum Gasteiger partial charge on any atom is 0.443 e. The molecule has 0 aliphatic carbocycles. The second kappa shape index (κ2) is 9.19. The number of benzene rings is 1. The summed E-state index contributed by atoms with van der Waals surface area (Å²) in [4.78, 5) is 33.8. The van der Waals surface area contributed by atoms with Crippen LogP contribution in [-0.4, -0.2) is 82.1 Å². The maximum atomic E-state index is 11.8. The number of hydrogen-bond acceptors (Lipinski definition) is 13. The molecule has 0 unspecified atom stereocenters. The monoisotopic (exact) mass is 530 g/mol. The van der Waals surface area contributed by atoms with Crippen molar-refractivity contribution in [1.29, 1.82) is 0 Å². The van der Waals surface area contributed by atoms with Gasteiger partial charge in [0.25, 0.3) is 11.1 Å². The lowest BCUT2D eigenvalue weighted by Crippen LogP contribution is -2.49. The molecule has 6 rings (SSSR count). The van der Waals surface area contributed by atoms with Gasteiger partial charge in [-0.05, 0) is 18.6 Å². The third kappa shape index (κ3) is 4.20. The van der Waals surface area contributed by atoms with Gasteiger partial charge in [0.15, 0.2) is 5.84 Å². The normalized spacial score (nSPS) is 19.7. The molecule has 14 heteroatoms. The van der Waals surface area contributed by atoms with Gasteiger partial charge in [0, 0.05) is 56.0 Å². The summed E-state index contributed by atoms with van der Waals surface area (Å²) >= 11 is 1.38. The van der Waals surface area contributed by atoms with Crippen LogP contribution in [0.2, 0.25) is 0 Å². The molecule has 3 aromatic rings. The molecule has 0 saturated carbocycles. The topological polar surface area (TPSA) is 132 Å². The van der Waals surface area contributed by atoms with Crippen molar-refractivity contribution >= 4 is 39.9 Å². The average molecular weight is 531 g/mol. The van der Waals surface area contributed by atoms with E-state index in [1.807, 2.05) is 18.2 Å². The van der Waals surface area contributed by atoms with Crippen LogP contribution in [-0.2, 0) is 18.0 Å². The number of rotatable bonds is 6. The Morgan fingerprint density at radius 3 is 2.61 bits per heavy atom. The number of carbonyl (C=O) groups excluding carboxylic acids is 2. The van der Waals surface area contributed by atoms with Gasteiger partial charge in [-0.2, -0.15) is 0 Å². The fourth-order valence-corrected chi connectivity index (χ4v) is 6.96. The number of ether oxygens (including phenoxy) is 1. The fraction of sp³-hybridized carbons (Fsp3) is 0.364. The molecule has 0 bridgehead atoms. The Morgan fingerprint density at radius 1 is 1.08 bits per heavy atom. The first-order valence-corrected chi connectivity index (χ1v) is 13.6. The lowest BCUT2D eigenvalue weighted by molar-refractivity contribution is -0.150. The third-order valence-corrected chi connectivity index (χ3v) is 8.87. The second-order valence-electron chi connectivity index (χ2n) is 8.28. The van der Waals surface area contributed by atoms with Crippen molar-refractivity contribution in [3.8, 4) is 16.0 Å². The lowest BCUT2D eigenvalue weighted by atomic mass is 10.1. The number of piperazine rings is 1. The fourth-order valence-electron chi connectivity index (χ4n) is 4.18. The molecule has 36 heavy (non-hydrogen) atoms. The van der Waals surface area contributed by atoms with E-state index in [0.717, 1.165) is 49.6 Å². The summed E-state index contributed by atoms with van der Waals surface area (Å²) in [6, 6.07) is 7.45. The molecule has 0 radical (unpaired) electrons. The molecule has 2 aromatic heterocycles. The number of fused-ring (bicyclic) bond motifs is 2. The number of hydrogen-bond donors (Lipinski definition) is 0. The zero-order chi connectivity index (χ0) is 24.7. The molecule has 188 valence electrons. The molecule has 3 aliphatic rings. The molecule has 1 aromatic carbocycles. The summed E-state index contributed by atoms with van der Waals surface area (Å²) < 4.78 is 26.5. The largest absolute Gasteiger partial charge is 0.470 e. The van der Waals surface area contributed by atoms with Crippen LogP contribution in [0.5, 0.6) is 5.19 Å². The highest BCUT2D eigenvalue weighted by Gasteiger charge is 2.49. The van der Waals surface area contributed by atoms with Gasteiger partial charge in [-0.15, -0.1) is 14.6 Å². The van der Waals surface area contributed by atoms with Crippen LogP contribution in [0.3, 0.4) is 0 Å². The van der Waals surface area contributed by atoms with E-state index in [4.69, 9.17) is 17.5 Å². The van der Waals surface area contributed by atoms with E-state index in [2.05, 4.69) is 29.4 Å². The quantitative estimate of drug-likeness (QED) is 0.344. The van der Waals surface area contributed by atoms with Gasteiger partial charge in [0.05, 0.1) is 12.8 Å². The summed E-state index contributed by atoms with van der Waals surface area (Å²) in [5.74, 6) is -0.312. The Hall–Kier alpha value is -3.49. The molecule has 3 aliphatic heterocycles. The van der Waals surface area contributed by atoms with Gasteiger partial charge >= 0.3 is 11.9 Å². The number of aromatic nitrogens is 3. The Morgan fingerprint density at radius 2 is 1.86 bits per heavy atom. The van der Waals surface area contributed by atoms with E-state index in [9.17, 15) is 9.59 Å². The van der Waals surface area contributed by atoms with E-state index in [0.29, 0.717) is 34.3 Å². The van der Waals surface area contributed by atoms with Crippen molar-refractivity contribution in [2.75, 3.05) is 39.3 Å². The molecule has 2 fully saturated rings. The van der Waals surface area contributed by atoms with Gasteiger partial charge < -0.3 is 22.4 Å². The van der Waals surface area contributed by atoms with Crippen LogP contribution in [0.1, 0.15) is 17.9 Å². The standard InChI is InChI=1S/C22H22N6O6S2/c1-14-24-25-19(32-14)16-13-23-22(35-16)31-12-4-7-27-8-10-28(11-9-27)18-15-5-2-3-6-17(15)36(26-18)33-20(29)21(30)34-36/h2-3,5-6,13H,4,7-12H2,1H3. The summed E-state index contributed by atoms with van der Waals surface area (Å²) in [6.07, 6.45) is 2.53. The first-order chi connectivity index (χ1) is 17.5. The zero-order valence-corrected chi connectivity index (χ0v) is 20.9. The Balaban J connectivity index is 1.01. The van der Waals surface area contributed by atoms with Crippen LogP contribution >= 0.6 is 22.1 Å². The van der Waals surface area contributed by atoms with Crippen molar-refractivity contribution in [3.05, 3.63) is 41.9 Å². The first kappa shape index (κ1) is 22.9. The van der Waals surface area contributed by atoms with E-state index in [1.165, 1.54) is 11.3 Å². The molecule has 0 amide bonds. The first-order valence-electron chi connectivity index (χ1n) is 11.4. The van der Waals surface area contributed by atoms with Gasteiger partial charge in [0.1, 0.15) is 9.77 Å². The SMILES string of the molecule is Cc1nnc(-c2cnc(OCCCN3CCN(C4=NS5(OC(=O)C(=O)O5)c5ccccc54)CC3)s2)o1. The van der Waals surface area contributed by atoms with Crippen molar-refractivity contribution in [2.45, 2.75) is 18.2 Å². The summed E-state index contributed by atoms with van der Waals surface area (Å²) in [5.41, 5.74) is 0.843. The lowest BCUT2D eigenvalue weighted by Gasteiger charge is -2.35. The summed E-state index contributed by atoms with van der Waals surface area (Å²) in [5, 5.41) is 8.41. The van der Waals surface area contributed by atoms with E-state index < -0.39 is 22.7 Å². The molecule has 5 heterocycles. The minimum atomic E-state index is -2.76. The highest BCUT2D eigenvalue weighted by Crippen LogP contribution is 2.66. The van der Waals surface area contributed by atoms with Gasteiger partial charge in [-0.25, -0.2) is 14.6 Å². The minimum Gasteiger partial charge on any atom is -0.470 e. The molecular formula is C22H22N6O6S2. The van der Waals surface area contributed by atoms with Crippen molar-refractivity contribution < 1.29 is 27.1 Å². The highest BCUT2D eigenvalue weighted by molar-refractivity contribution is 8.26. The second-order valence-corrected chi connectivity index (χ2v) is 11.2. The number of aryl methyl sites for hydroxylation is 1. The molecule has 12 nitrogen and oxygen atoms in total. The Bertz CT molecular complexity index is 1330. The van der Waals surface area contributed by atoms with Crippen LogP contribution in [0.25, 0.3) is 10.8 Å². The molecule has 0 atom stereocenters. The smallest absolute Gasteiger partial charge is 0.443 e. The van der Waals surface area contributed by atoms with Crippen LogP contribution in [0, 0.1) is 6.92 Å². The molecule has 0 N–H and O–H groups in total. The Kier molecular flexibility index (Phi) is 5.85. The Labute approximate surface area is 211 Å². The highest BCUT2D eigenvalue weighted by atomic mass is 32.3. The van der Waals surface area contributed by atoms with Crippen molar-refractivity contribution in [3.63, 3.8) is 0 Å². The number of amidine groups is 1. The predicted molar refractivity (Wildman–Crippen MR) is 129 cm³/mol. The van der Waals surface area contributed by atoms with Crippen LogP contribution < -0.4 is 4.74 Å². The maximum absolute atomic E-state index is 11.8. The molecular weight excluding hydrogens is 508 g/mol. The van der Waals surface area contributed by atoms with Crippen LogP contribution in [0.15, 0.2) is 44.2 Å². The van der Waals surface area contributed by atoms with Gasteiger partial charge in [-0.1, -0.05) is 23.5 Å². The minimum absolute atomic E-state index is 0.448. The predicted octanol–water partition coefficient (Wildman–Crippen LogP) is 2.36. The van der Waals surface area contributed by atoms with E-state index in [-0.39, 0.29) is 0 Å². The average Bonchev–Trinajstić information content (AvgIpc) is 3.65. The van der Waals surface area contributed by atoms with Crippen molar-refractivity contribution in [1.82, 2.24) is 25.0 Å². The summed E-state index contributed by atoms with van der Waals surface area (Å²) in [7, 11) is -2.76. The van der Waals surface area contributed by atoms with Gasteiger partial charge in [0.2, 0.25) is 5.89 Å². The van der Waals surface area contributed by atoms with E-state index in [1.54, 1.807) is 19.2 Å². The number of thiazole rings is 1. The number of carbonyl (C=O) groups is 2. The van der Waals surface area contributed by atoms with E-state index >= 15 is 0 Å². The van der Waals surface area contributed by atoms with Crippen LogP contribution in [0.4, 0.5) is 0 Å². The molecule has 1 spiro atoms. The molecule has 2 saturated heterocycles. The van der Waals surface area contributed by atoms with Crippen molar-refractivity contribution in [2.24, 2.45) is 4.40 Å². The van der Waals surface area contributed by atoms with Gasteiger partial charge in [-0.3, -0.25) is 4.90 Å². The zero-order valence-electron chi connectivity index (χ0n) is 19.3. The third-order valence-electron chi connectivity index (χ3n) is 5.89. The summed E-state index contributed by atoms with van der Waals surface area (Å²) in [6.45, 7) is 6.40. The number of nitrogens with zero attached hydrogens (tertiary/aromatic N) is 6.